The molecular formula is C9H14N2O4. The van der Waals surface area contributed by atoms with E-state index in [1.807, 2.05) is 0 Å². The van der Waals surface area contributed by atoms with Gasteiger partial charge in [-0.2, -0.15) is 0 Å². The van der Waals surface area contributed by atoms with E-state index in [0.29, 0.717) is 0 Å². The summed E-state index contributed by atoms with van der Waals surface area (Å²) in [6.07, 6.45) is 0.0150. The number of hydrogen-bond acceptors (Lipinski definition) is 4. The highest BCUT2D eigenvalue weighted by molar-refractivity contribution is 5.82. The molecule has 0 aromatic rings. The third-order valence-corrected chi connectivity index (χ3v) is 2.84. The standard InChI is InChI=1S/C9H14N2O4/c12-8-5-15-7(9(13)14)4-11(8)6-1-2-10-3-6/h6-7,10H,1-5H2,(H,13,14). The Morgan fingerprint density at radius 1 is 1.60 bits per heavy atom. The fourth-order valence-electron chi connectivity index (χ4n) is 2.00. The molecule has 2 saturated heterocycles. The normalized spacial score (nSPS) is 32.0. The van der Waals surface area contributed by atoms with Gasteiger partial charge in [-0.3, -0.25) is 4.79 Å². The number of nitrogens with zero attached hydrogens (tertiary/aromatic N) is 1. The molecule has 2 atom stereocenters. The van der Waals surface area contributed by atoms with Gasteiger partial charge >= 0.3 is 5.97 Å². The van der Waals surface area contributed by atoms with Crippen LogP contribution in [-0.4, -0.2) is 60.3 Å². The Bertz CT molecular complexity index is 275. The van der Waals surface area contributed by atoms with Gasteiger partial charge in [0.25, 0.3) is 0 Å². The van der Waals surface area contributed by atoms with Crippen LogP contribution < -0.4 is 5.32 Å². The van der Waals surface area contributed by atoms with Gasteiger partial charge in [-0.05, 0) is 13.0 Å². The average Bonchev–Trinajstić information content (AvgIpc) is 2.71. The SMILES string of the molecule is O=C(O)C1CN(C2CCNC2)C(=O)CO1. The quantitative estimate of drug-likeness (QED) is 0.595. The predicted molar refractivity (Wildman–Crippen MR) is 50.4 cm³/mol. The predicted octanol–water partition coefficient (Wildman–Crippen LogP) is -1.34. The monoisotopic (exact) mass is 214 g/mol. The molecule has 2 heterocycles. The summed E-state index contributed by atoms with van der Waals surface area (Å²) in [7, 11) is 0. The Morgan fingerprint density at radius 3 is 3.00 bits per heavy atom. The lowest BCUT2D eigenvalue weighted by atomic mass is 10.1. The van der Waals surface area contributed by atoms with Crippen LogP contribution in [0.2, 0.25) is 0 Å². The zero-order chi connectivity index (χ0) is 10.8. The van der Waals surface area contributed by atoms with E-state index < -0.39 is 12.1 Å². The van der Waals surface area contributed by atoms with Crippen molar-refractivity contribution in [2.45, 2.75) is 18.6 Å². The van der Waals surface area contributed by atoms with Crippen molar-refractivity contribution in [3.63, 3.8) is 0 Å². The van der Waals surface area contributed by atoms with E-state index in [2.05, 4.69) is 5.32 Å². The molecule has 15 heavy (non-hydrogen) atoms. The van der Waals surface area contributed by atoms with Crippen LogP contribution in [0.5, 0.6) is 0 Å². The molecule has 6 heteroatoms. The van der Waals surface area contributed by atoms with E-state index in [0.717, 1.165) is 19.5 Å². The fourth-order valence-corrected chi connectivity index (χ4v) is 2.00. The van der Waals surface area contributed by atoms with E-state index >= 15 is 0 Å². The molecule has 0 bridgehead atoms. The molecule has 2 unspecified atom stereocenters. The summed E-state index contributed by atoms with van der Waals surface area (Å²) in [5.74, 6) is -1.11. The maximum atomic E-state index is 11.5. The first-order valence-electron chi connectivity index (χ1n) is 5.03. The smallest absolute Gasteiger partial charge is 0.334 e. The maximum Gasteiger partial charge on any atom is 0.334 e. The number of carboxylic acids is 1. The summed E-state index contributed by atoms with van der Waals surface area (Å²) in [5.41, 5.74) is 0. The average molecular weight is 214 g/mol. The van der Waals surface area contributed by atoms with Gasteiger partial charge in [0.1, 0.15) is 6.61 Å². The first-order valence-corrected chi connectivity index (χ1v) is 5.03. The molecule has 0 radical (unpaired) electrons. The van der Waals surface area contributed by atoms with Crippen LogP contribution in [0.1, 0.15) is 6.42 Å². The number of carbonyl (C=O) groups is 2. The van der Waals surface area contributed by atoms with Crippen LogP contribution in [0.25, 0.3) is 0 Å². The summed E-state index contributed by atoms with van der Waals surface area (Å²) >= 11 is 0. The van der Waals surface area contributed by atoms with Gasteiger partial charge in [0, 0.05) is 12.6 Å². The summed E-state index contributed by atoms with van der Waals surface area (Å²) in [6, 6.07) is 0.128. The summed E-state index contributed by atoms with van der Waals surface area (Å²) in [6.45, 7) is 1.68. The van der Waals surface area contributed by atoms with Gasteiger partial charge in [-0.1, -0.05) is 0 Å². The minimum absolute atomic E-state index is 0.110. The Balaban J connectivity index is 2.01. The number of aliphatic carboxylic acids is 1. The molecule has 1 amide bonds. The van der Waals surface area contributed by atoms with Gasteiger partial charge in [0.05, 0.1) is 6.54 Å². The molecule has 2 aliphatic rings. The van der Waals surface area contributed by atoms with E-state index in [1.54, 1.807) is 4.90 Å². The Labute approximate surface area is 87.2 Å². The first kappa shape index (κ1) is 10.4. The Hall–Kier alpha value is -1.14. The van der Waals surface area contributed by atoms with Crippen LogP contribution in [0.3, 0.4) is 0 Å². The Kier molecular flexibility index (Phi) is 2.88. The van der Waals surface area contributed by atoms with E-state index in [9.17, 15) is 9.59 Å². The van der Waals surface area contributed by atoms with Crippen LogP contribution in [-0.2, 0) is 14.3 Å². The molecule has 0 spiro atoms. The largest absolute Gasteiger partial charge is 0.479 e. The lowest BCUT2D eigenvalue weighted by Gasteiger charge is -2.34. The number of hydrogen-bond donors (Lipinski definition) is 2. The number of carboxylic acid groups (broad SMARTS) is 1. The highest BCUT2D eigenvalue weighted by atomic mass is 16.5. The van der Waals surface area contributed by atoms with E-state index in [4.69, 9.17) is 9.84 Å². The molecule has 0 aromatic carbocycles. The fraction of sp³-hybridized carbons (Fsp3) is 0.778. The highest BCUT2D eigenvalue weighted by Crippen LogP contribution is 2.14. The third-order valence-electron chi connectivity index (χ3n) is 2.84. The zero-order valence-corrected chi connectivity index (χ0v) is 8.31. The summed E-state index contributed by atoms with van der Waals surface area (Å²) < 4.78 is 4.93. The number of ether oxygens (including phenoxy) is 1. The minimum atomic E-state index is -1.00. The van der Waals surface area contributed by atoms with Crippen molar-refractivity contribution in [1.29, 1.82) is 0 Å². The summed E-state index contributed by atoms with van der Waals surface area (Å²) in [4.78, 5) is 23.9. The number of nitrogens with one attached hydrogen (secondary N) is 1. The van der Waals surface area contributed by atoms with Crippen LogP contribution in [0.15, 0.2) is 0 Å². The lowest BCUT2D eigenvalue weighted by Crippen LogP contribution is -2.54. The number of morpholine rings is 1. The molecule has 0 aliphatic carbocycles. The zero-order valence-electron chi connectivity index (χ0n) is 8.31. The second-order valence-electron chi connectivity index (χ2n) is 3.83. The van der Waals surface area contributed by atoms with Crippen molar-refractivity contribution in [3.05, 3.63) is 0 Å². The molecule has 0 aromatic heterocycles. The third kappa shape index (κ3) is 2.10. The molecule has 2 N–H and O–H groups in total. The van der Waals surface area contributed by atoms with Gasteiger partial charge in [-0.25, -0.2) is 4.79 Å². The second kappa shape index (κ2) is 4.16. The van der Waals surface area contributed by atoms with Gasteiger partial charge in [0.2, 0.25) is 5.91 Å². The van der Waals surface area contributed by atoms with Crippen molar-refractivity contribution < 1.29 is 19.4 Å². The Morgan fingerprint density at radius 2 is 2.40 bits per heavy atom. The molecular weight excluding hydrogens is 200 g/mol. The second-order valence-corrected chi connectivity index (χ2v) is 3.83. The maximum absolute atomic E-state index is 11.5. The van der Waals surface area contributed by atoms with Crippen molar-refractivity contribution in [2.75, 3.05) is 26.2 Å². The van der Waals surface area contributed by atoms with E-state index in [-0.39, 0.29) is 25.1 Å². The van der Waals surface area contributed by atoms with Crippen LogP contribution in [0, 0.1) is 0 Å². The first-order chi connectivity index (χ1) is 7.18. The van der Waals surface area contributed by atoms with Crippen molar-refractivity contribution in [3.8, 4) is 0 Å². The lowest BCUT2D eigenvalue weighted by molar-refractivity contribution is -0.166. The van der Waals surface area contributed by atoms with E-state index in [1.165, 1.54) is 0 Å². The van der Waals surface area contributed by atoms with Gasteiger partial charge in [-0.15, -0.1) is 0 Å². The van der Waals surface area contributed by atoms with Crippen molar-refractivity contribution in [2.24, 2.45) is 0 Å². The molecule has 0 saturated carbocycles. The number of rotatable bonds is 2. The van der Waals surface area contributed by atoms with Crippen LogP contribution >= 0.6 is 0 Å². The molecule has 6 nitrogen and oxygen atoms in total. The molecule has 2 rings (SSSR count). The van der Waals surface area contributed by atoms with Gasteiger partial charge in [0.15, 0.2) is 6.10 Å². The molecule has 2 fully saturated rings. The number of carbonyl (C=O) groups excluding carboxylic acids is 1. The number of amides is 1. The molecule has 84 valence electrons. The van der Waals surface area contributed by atoms with Crippen LogP contribution in [0.4, 0.5) is 0 Å². The van der Waals surface area contributed by atoms with Gasteiger partial charge < -0.3 is 20.1 Å². The summed E-state index contributed by atoms with van der Waals surface area (Å²) in [5, 5.41) is 12.0. The van der Waals surface area contributed by atoms with Crippen molar-refractivity contribution >= 4 is 11.9 Å². The van der Waals surface area contributed by atoms with Crippen molar-refractivity contribution in [1.82, 2.24) is 10.2 Å². The minimum Gasteiger partial charge on any atom is -0.479 e. The highest BCUT2D eigenvalue weighted by Gasteiger charge is 2.35. The topological polar surface area (TPSA) is 78.9 Å². The molecule has 2 aliphatic heterocycles.